The van der Waals surface area contributed by atoms with Gasteiger partial charge in [-0.25, -0.2) is 4.39 Å². The number of allylic oxidation sites excluding steroid dienone is 1. The number of nitriles is 1. The van der Waals surface area contributed by atoms with Gasteiger partial charge in [0.2, 0.25) is 0 Å². The van der Waals surface area contributed by atoms with Crippen molar-refractivity contribution < 1.29 is 4.39 Å². The number of aromatic nitrogens is 3. The number of rotatable bonds is 3. The number of halogens is 1. The first-order chi connectivity index (χ1) is 13.2. The lowest BCUT2D eigenvalue weighted by Gasteiger charge is -2.23. The van der Waals surface area contributed by atoms with Crippen LogP contribution in [0.2, 0.25) is 0 Å². The van der Waals surface area contributed by atoms with Crippen LogP contribution in [-0.4, -0.2) is 26.2 Å². The summed E-state index contributed by atoms with van der Waals surface area (Å²) in [7, 11) is 0. The van der Waals surface area contributed by atoms with E-state index in [0.717, 1.165) is 47.9 Å². The second-order valence-electron chi connectivity index (χ2n) is 6.57. The second-order valence-corrected chi connectivity index (χ2v) is 7.42. The quantitative estimate of drug-likeness (QED) is 0.738. The highest BCUT2D eigenvalue weighted by Gasteiger charge is 2.28. The second kappa shape index (κ2) is 7.57. The molecule has 0 amide bonds. The molecule has 3 heterocycles. The maximum atomic E-state index is 13.3. The zero-order valence-corrected chi connectivity index (χ0v) is 16.0. The van der Waals surface area contributed by atoms with E-state index in [9.17, 15) is 9.65 Å². The first kappa shape index (κ1) is 17.8. The number of aryl methyl sites for hydroxylation is 1. The van der Waals surface area contributed by atoms with Crippen molar-refractivity contribution in [2.75, 3.05) is 6.54 Å². The number of thioether (sulfide) groups is 1. The van der Waals surface area contributed by atoms with Crippen molar-refractivity contribution in [3.8, 4) is 6.07 Å². The maximum absolute atomic E-state index is 13.3. The summed E-state index contributed by atoms with van der Waals surface area (Å²) in [5.74, 6) is 1.37. The van der Waals surface area contributed by atoms with Crippen molar-refractivity contribution in [2.24, 2.45) is 0 Å². The van der Waals surface area contributed by atoms with Gasteiger partial charge in [-0.15, -0.1) is 10.2 Å². The maximum Gasteiger partial charge on any atom is 0.177 e. The molecule has 0 saturated heterocycles. The molecule has 4 rings (SSSR count). The number of fused-ring (bicyclic) bond motifs is 1. The molecule has 5 nitrogen and oxygen atoms in total. The van der Waals surface area contributed by atoms with Crippen LogP contribution in [0.4, 0.5) is 4.39 Å². The molecule has 27 heavy (non-hydrogen) atoms. The van der Waals surface area contributed by atoms with Crippen LogP contribution in [0.1, 0.15) is 43.4 Å². The third-order valence-corrected chi connectivity index (χ3v) is 5.92. The standard InChI is InChI=1S/C20H20FN5S/c1-2-25-17(14-7-9-15(21)10-8-14)13-27-20(25)16(12-22)19-24-23-18-6-4-3-5-11-26(18)19/h7-10,13H,2-6,11H2,1H3/b20-16-. The Morgan fingerprint density at radius 1 is 1.22 bits per heavy atom. The Labute approximate surface area is 162 Å². The lowest BCUT2D eigenvalue weighted by Crippen LogP contribution is -2.18. The van der Waals surface area contributed by atoms with Gasteiger partial charge in [-0.2, -0.15) is 5.26 Å². The molecule has 0 saturated carbocycles. The van der Waals surface area contributed by atoms with Gasteiger partial charge in [0, 0.05) is 24.9 Å². The Morgan fingerprint density at radius 2 is 2.04 bits per heavy atom. The predicted molar refractivity (Wildman–Crippen MR) is 104 cm³/mol. The van der Waals surface area contributed by atoms with E-state index >= 15 is 0 Å². The molecule has 0 spiro atoms. The summed E-state index contributed by atoms with van der Waals surface area (Å²) in [6, 6.07) is 8.81. The van der Waals surface area contributed by atoms with Gasteiger partial charge in [-0.05, 0) is 49.6 Å². The Bertz CT molecular complexity index is 952. The minimum atomic E-state index is -0.257. The average molecular weight is 381 g/mol. The van der Waals surface area contributed by atoms with Crippen LogP contribution in [0.5, 0.6) is 0 Å². The molecular formula is C20H20FN5S. The van der Waals surface area contributed by atoms with Crippen LogP contribution in [-0.2, 0) is 13.0 Å². The number of nitrogens with zero attached hydrogens (tertiary/aromatic N) is 5. The number of hydrogen-bond acceptors (Lipinski definition) is 5. The molecule has 2 aliphatic heterocycles. The van der Waals surface area contributed by atoms with E-state index in [0.29, 0.717) is 17.9 Å². The summed E-state index contributed by atoms with van der Waals surface area (Å²) < 4.78 is 15.4. The van der Waals surface area contributed by atoms with Crippen LogP contribution in [0.25, 0.3) is 11.3 Å². The SMILES string of the molecule is CCN1C(c2ccc(F)cc2)=CS/C1=C(/C#N)c1nnc2n1CCCCC2. The smallest absolute Gasteiger partial charge is 0.177 e. The van der Waals surface area contributed by atoms with Gasteiger partial charge in [0.05, 0.1) is 5.70 Å². The van der Waals surface area contributed by atoms with Gasteiger partial charge in [-0.1, -0.05) is 18.2 Å². The minimum Gasteiger partial charge on any atom is -0.334 e. The molecule has 0 bridgehead atoms. The molecule has 0 aliphatic carbocycles. The Hall–Kier alpha value is -2.59. The van der Waals surface area contributed by atoms with E-state index in [1.165, 1.54) is 30.3 Å². The lowest BCUT2D eigenvalue weighted by molar-refractivity contribution is 0.556. The van der Waals surface area contributed by atoms with Gasteiger partial charge in [-0.3, -0.25) is 0 Å². The van der Waals surface area contributed by atoms with E-state index in [-0.39, 0.29) is 5.82 Å². The van der Waals surface area contributed by atoms with Crippen molar-refractivity contribution in [1.29, 1.82) is 5.26 Å². The molecule has 0 unspecified atom stereocenters. The summed E-state index contributed by atoms with van der Waals surface area (Å²) in [5, 5.41) is 21.5. The topological polar surface area (TPSA) is 57.7 Å². The minimum absolute atomic E-state index is 0.257. The summed E-state index contributed by atoms with van der Waals surface area (Å²) >= 11 is 1.52. The van der Waals surface area contributed by atoms with E-state index in [2.05, 4.69) is 25.7 Å². The van der Waals surface area contributed by atoms with Gasteiger partial charge >= 0.3 is 0 Å². The van der Waals surface area contributed by atoms with E-state index in [1.807, 2.05) is 12.3 Å². The molecule has 2 aromatic rings. The van der Waals surface area contributed by atoms with Crippen LogP contribution >= 0.6 is 11.8 Å². The van der Waals surface area contributed by atoms with Gasteiger partial charge in [0.25, 0.3) is 0 Å². The van der Waals surface area contributed by atoms with Crippen LogP contribution in [0, 0.1) is 17.1 Å². The third kappa shape index (κ3) is 3.26. The molecule has 7 heteroatoms. The Kier molecular flexibility index (Phi) is 4.99. The Balaban J connectivity index is 1.74. The van der Waals surface area contributed by atoms with Crippen molar-refractivity contribution in [1.82, 2.24) is 19.7 Å². The number of benzene rings is 1. The third-order valence-electron chi connectivity index (χ3n) is 4.93. The molecule has 1 aromatic heterocycles. The highest BCUT2D eigenvalue weighted by Crippen LogP contribution is 2.43. The molecule has 0 radical (unpaired) electrons. The van der Waals surface area contributed by atoms with Crippen LogP contribution < -0.4 is 0 Å². The predicted octanol–water partition coefficient (Wildman–Crippen LogP) is 4.40. The van der Waals surface area contributed by atoms with E-state index in [4.69, 9.17) is 0 Å². The monoisotopic (exact) mass is 381 g/mol. The molecule has 0 atom stereocenters. The van der Waals surface area contributed by atoms with Crippen LogP contribution in [0.15, 0.2) is 34.7 Å². The first-order valence-corrected chi connectivity index (χ1v) is 10.1. The molecular weight excluding hydrogens is 361 g/mol. The van der Waals surface area contributed by atoms with Crippen molar-refractivity contribution >= 4 is 23.0 Å². The first-order valence-electron chi connectivity index (χ1n) is 9.20. The van der Waals surface area contributed by atoms with Gasteiger partial charge in [0.15, 0.2) is 5.82 Å². The van der Waals surface area contributed by atoms with Crippen LogP contribution in [0.3, 0.4) is 0 Å². The fourth-order valence-electron chi connectivity index (χ4n) is 3.56. The largest absolute Gasteiger partial charge is 0.334 e. The van der Waals surface area contributed by atoms with Gasteiger partial charge in [0.1, 0.15) is 28.3 Å². The highest BCUT2D eigenvalue weighted by molar-refractivity contribution is 8.06. The summed E-state index contributed by atoms with van der Waals surface area (Å²) in [6.45, 7) is 3.60. The Morgan fingerprint density at radius 3 is 2.78 bits per heavy atom. The zero-order chi connectivity index (χ0) is 18.8. The lowest BCUT2D eigenvalue weighted by atomic mass is 10.1. The molecule has 1 aromatic carbocycles. The summed E-state index contributed by atoms with van der Waals surface area (Å²) in [6.07, 6.45) is 4.27. The normalized spacial score (nSPS) is 18.6. The zero-order valence-electron chi connectivity index (χ0n) is 15.2. The summed E-state index contributed by atoms with van der Waals surface area (Å²) in [4.78, 5) is 2.09. The fraction of sp³-hybridized carbons (Fsp3) is 0.350. The fourth-order valence-corrected chi connectivity index (χ4v) is 4.66. The molecule has 0 N–H and O–H groups in total. The molecule has 0 fully saturated rings. The number of hydrogen-bond donors (Lipinski definition) is 0. The van der Waals surface area contributed by atoms with E-state index in [1.54, 1.807) is 12.1 Å². The van der Waals surface area contributed by atoms with Crippen molar-refractivity contribution in [3.63, 3.8) is 0 Å². The molecule has 138 valence electrons. The summed E-state index contributed by atoms with van der Waals surface area (Å²) in [5.41, 5.74) is 2.45. The van der Waals surface area contributed by atoms with E-state index < -0.39 is 0 Å². The van der Waals surface area contributed by atoms with Crippen molar-refractivity contribution in [3.05, 3.63) is 57.7 Å². The molecule has 2 aliphatic rings. The van der Waals surface area contributed by atoms with Crippen molar-refractivity contribution in [2.45, 2.75) is 39.2 Å². The van der Waals surface area contributed by atoms with Gasteiger partial charge < -0.3 is 9.47 Å². The highest BCUT2D eigenvalue weighted by atomic mass is 32.2. The average Bonchev–Trinajstić information content (AvgIpc) is 3.20.